The molecule has 1 aliphatic heterocycles. The highest BCUT2D eigenvalue weighted by molar-refractivity contribution is 5.93. The fourth-order valence-electron chi connectivity index (χ4n) is 4.75. The number of aliphatic hydroxyl groups is 1. The molecule has 0 aliphatic carbocycles. The molecule has 13 heteroatoms. The van der Waals surface area contributed by atoms with Gasteiger partial charge in [-0.1, -0.05) is 12.1 Å². The van der Waals surface area contributed by atoms with Gasteiger partial charge in [0.2, 0.25) is 17.7 Å². The van der Waals surface area contributed by atoms with Gasteiger partial charge in [0.15, 0.2) is 0 Å². The van der Waals surface area contributed by atoms with E-state index < -0.39 is 42.0 Å². The van der Waals surface area contributed by atoms with Crippen molar-refractivity contribution in [1.82, 2.24) is 15.5 Å². The van der Waals surface area contributed by atoms with Crippen molar-refractivity contribution in [2.24, 2.45) is 22.9 Å². The highest BCUT2D eigenvalue weighted by Crippen LogP contribution is 2.31. The van der Waals surface area contributed by atoms with E-state index in [1.165, 1.54) is 17.0 Å². The molecule has 13 nitrogen and oxygen atoms in total. The third-order valence-corrected chi connectivity index (χ3v) is 7.05. The number of benzene rings is 2. The Kier molecular flexibility index (Phi) is 11.4. The van der Waals surface area contributed by atoms with Crippen LogP contribution in [0, 0.1) is 0 Å². The fourth-order valence-corrected chi connectivity index (χ4v) is 4.75. The van der Waals surface area contributed by atoms with Crippen LogP contribution in [0.1, 0.15) is 24.0 Å². The summed E-state index contributed by atoms with van der Waals surface area (Å²) in [5.41, 5.74) is 25.3. The molecule has 13 N–H and O–H groups in total. The monoisotopic (exact) mass is 571 g/mol. The van der Waals surface area contributed by atoms with Crippen LogP contribution >= 0.6 is 0 Å². The minimum absolute atomic E-state index is 0.000302. The number of phenols is 2. The van der Waals surface area contributed by atoms with Crippen molar-refractivity contribution >= 4 is 17.7 Å². The molecule has 1 aliphatic rings. The summed E-state index contributed by atoms with van der Waals surface area (Å²) in [7, 11) is 0. The van der Waals surface area contributed by atoms with Crippen molar-refractivity contribution in [1.29, 1.82) is 0 Å². The summed E-state index contributed by atoms with van der Waals surface area (Å²) in [6, 6.07) is 6.40. The molecule has 0 radical (unpaired) electrons. The third kappa shape index (κ3) is 8.38. The van der Waals surface area contributed by atoms with Crippen molar-refractivity contribution in [2.75, 3.05) is 32.7 Å². The van der Waals surface area contributed by atoms with Crippen molar-refractivity contribution in [3.8, 4) is 22.6 Å². The molecule has 0 aromatic heterocycles. The summed E-state index contributed by atoms with van der Waals surface area (Å²) in [5, 5.41) is 36.7. The number of aliphatic hydroxyl groups excluding tert-OH is 1. The molecule has 4 bridgehead atoms. The first kappa shape index (κ1) is 31.8. The standard InChI is InChI=1S/C28H41N7O6/c29-7-1-2-22-27(40)34-23(28(41)35(9-8-30)15-20(36)14-31)13-19-11-17(4-6-25(19)38)16-3-5-24(37)18(10-16)12-21(32)26(39)33-22/h3-6,10-11,20-23,36-38H,1-2,7-9,12-15,29-32H2,(H,33,39)(H,34,40)/t20?,21-,22-,23+/m1/s1. The molecule has 0 spiro atoms. The van der Waals surface area contributed by atoms with Crippen LogP contribution in [0.3, 0.4) is 0 Å². The number of nitrogens with one attached hydrogen (secondary N) is 2. The zero-order chi connectivity index (χ0) is 30.1. The first-order valence-electron chi connectivity index (χ1n) is 13.6. The number of aromatic hydroxyl groups is 2. The summed E-state index contributed by atoms with van der Waals surface area (Å²) in [4.78, 5) is 41.7. The average molecular weight is 572 g/mol. The van der Waals surface area contributed by atoms with Gasteiger partial charge in [-0.3, -0.25) is 14.4 Å². The maximum absolute atomic E-state index is 13.8. The van der Waals surface area contributed by atoms with Gasteiger partial charge in [0.05, 0.1) is 12.1 Å². The van der Waals surface area contributed by atoms with Gasteiger partial charge in [0.25, 0.3) is 0 Å². The van der Waals surface area contributed by atoms with E-state index in [2.05, 4.69) is 10.6 Å². The molecular formula is C28H41N7O6. The van der Waals surface area contributed by atoms with Crippen LogP contribution < -0.4 is 33.6 Å². The van der Waals surface area contributed by atoms with Crippen molar-refractivity contribution in [3.63, 3.8) is 0 Å². The normalized spacial score (nSPS) is 20.3. The lowest BCUT2D eigenvalue weighted by Crippen LogP contribution is -2.58. The maximum Gasteiger partial charge on any atom is 0.245 e. The van der Waals surface area contributed by atoms with E-state index in [4.69, 9.17) is 22.9 Å². The number of fused-ring (bicyclic) bond motifs is 5. The van der Waals surface area contributed by atoms with Crippen molar-refractivity contribution in [2.45, 2.75) is 49.9 Å². The van der Waals surface area contributed by atoms with E-state index in [-0.39, 0.29) is 63.5 Å². The quantitative estimate of drug-likeness (QED) is 0.160. The Morgan fingerprint density at radius 1 is 0.927 bits per heavy atom. The van der Waals surface area contributed by atoms with Gasteiger partial charge in [0, 0.05) is 39.0 Å². The molecule has 2 aromatic rings. The summed E-state index contributed by atoms with van der Waals surface area (Å²) in [6.45, 7) is 0.254. The minimum Gasteiger partial charge on any atom is -0.508 e. The van der Waals surface area contributed by atoms with Crippen molar-refractivity contribution in [3.05, 3.63) is 47.5 Å². The predicted molar refractivity (Wildman–Crippen MR) is 153 cm³/mol. The Labute approximate surface area is 238 Å². The second-order valence-electron chi connectivity index (χ2n) is 10.2. The van der Waals surface area contributed by atoms with Crippen LogP contribution in [0.15, 0.2) is 36.4 Å². The highest BCUT2D eigenvalue weighted by atomic mass is 16.3. The zero-order valence-electron chi connectivity index (χ0n) is 23.0. The lowest BCUT2D eigenvalue weighted by atomic mass is 9.95. The van der Waals surface area contributed by atoms with Crippen LogP contribution in [0.25, 0.3) is 11.1 Å². The molecule has 41 heavy (non-hydrogen) atoms. The number of nitrogens with zero attached hydrogens (tertiary/aromatic N) is 1. The lowest BCUT2D eigenvalue weighted by molar-refractivity contribution is -0.138. The Balaban J connectivity index is 2.12. The molecule has 1 unspecified atom stereocenters. The molecular weight excluding hydrogens is 530 g/mol. The van der Waals surface area contributed by atoms with Gasteiger partial charge >= 0.3 is 0 Å². The van der Waals surface area contributed by atoms with E-state index in [0.717, 1.165) is 0 Å². The molecule has 0 fully saturated rings. The van der Waals surface area contributed by atoms with Gasteiger partial charge in [-0.25, -0.2) is 0 Å². The molecule has 0 saturated carbocycles. The van der Waals surface area contributed by atoms with Crippen LogP contribution in [0.4, 0.5) is 0 Å². The van der Waals surface area contributed by atoms with Gasteiger partial charge in [-0.2, -0.15) is 0 Å². The lowest BCUT2D eigenvalue weighted by Gasteiger charge is -2.30. The average Bonchev–Trinajstić information content (AvgIpc) is 2.95. The summed E-state index contributed by atoms with van der Waals surface area (Å²) in [6.07, 6.45) is -0.532. The molecule has 3 rings (SSSR count). The number of hydrogen-bond donors (Lipinski definition) is 9. The first-order valence-corrected chi connectivity index (χ1v) is 13.6. The van der Waals surface area contributed by atoms with Gasteiger partial charge in [-0.05, 0) is 65.9 Å². The molecule has 0 saturated heterocycles. The number of hydrogen-bond acceptors (Lipinski definition) is 10. The van der Waals surface area contributed by atoms with Gasteiger partial charge < -0.3 is 53.8 Å². The van der Waals surface area contributed by atoms with E-state index in [0.29, 0.717) is 28.7 Å². The third-order valence-electron chi connectivity index (χ3n) is 7.05. The predicted octanol–water partition coefficient (Wildman–Crippen LogP) is -1.99. The molecule has 1 heterocycles. The molecule has 4 atom stereocenters. The van der Waals surface area contributed by atoms with Crippen LogP contribution in [-0.4, -0.2) is 94.9 Å². The number of nitrogens with two attached hydrogens (primary N) is 4. The van der Waals surface area contributed by atoms with Crippen LogP contribution in [0.2, 0.25) is 0 Å². The SMILES string of the molecule is NCCC[C@H]1NC(=O)[C@H](N)Cc2cc(ccc2O)-c2ccc(O)c(c2)C[C@@H](C(=O)N(CCN)CC(O)CN)NC1=O. The maximum atomic E-state index is 13.8. The zero-order valence-corrected chi connectivity index (χ0v) is 23.0. The van der Waals surface area contributed by atoms with E-state index in [1.807, 2.05) is 0 Å². The highest BCUT2D eigenvalue weighted by Gasteiger charge is 2.32. The molecule has 3 amide bonds. The number of rotatable bonds is 9. The second kappa shape index (κ2) is 14.8. The van der Waals surface area contributed by atoms with E-state index in [1.54, 1.807) is 24.3 Å². The van der Waals surface area contributed by atoms with E-state index in [9.17, 15) is 29.7 Å². The largest absolute Gasteiger partial charge is 0.508 e. The Morgan fingerprint density at radius 2 is 1.54 bits per heavy atom. The Bertz CT molecular complexity index is 1230. The summed E-state index contributed by atoms with van der Waals surface area (Å²) < 4.78 is 0. The summed E-state index contributed by atoms with van der Waals surface area (Å²) >= 11 is 0. The Morgan fingerprint density at radius 3 is 2.10 bits per heavy atom. The number of amides is 3. The minimum atomic E-state index is -1.19. The van der Waals surface area contributed by atoms with Gasteiger partial charge in [0.1, 0.15) is 23.6 Å². The fraction of sp³-hybridized carbons (Fsp3) is 0.464. The number of phenolic OH excluding ortho intramolecular Hbond substituents is 2. The van der Waals surface area contributed by atoms with Crippen LogP contribution in [-0.2, 0) is 27.2 Å². The molecule has 224 valence electrons. The Hall–Kier alpha value is -3.75. The molecule has 2 aromatic carbocycles. The number of carbonyl (C=O) groups is 3. The smallest absolute Gasteiger partial charge is 0.245 e. The van der Waals surface area contributed by atoms with E-state index >= 15 is 0 Å². The van der Waals surface area contributed by atoms with Crippen LogP contribution in [0.5, 0.6) is 11.5 Å². The summed E-state index contributed by atoms with van der Waals surface area (Å²) in [5.74, 6) is -1.93. The first-order chi connectivity index (χ1) is 19.6. The topological polar surface area (TPSA) is 243 Å². The van der Waals surface area contributed by atoms with Crippen molar-refractivity contribution < 1.29 is 29.7 Å². The second-order valence-corrected chi connectivity index (χ2v) is 10.2. The van der Waals surface area contributed by atoms with Gasteiger partial charge in [-0.15, -0.1) is 0 Å². The number of carbonyl (C=O) groups excluding carboxylic acids is 3.